The summed E-state index contributed by atoms with van der Waals surface area (Å²) in [5.74, 6) is 0. The SMILES string of the molecule is CS(=O)(=O)Sc1ccc(Br)cn1. The van der Waals surface area contributed by atoms with Gasteiger partial charge < -0.3 is 0 Å². The van der Waals surface area contributed by atoms with Gasteiger partial charge >= 0.3 is 0 Å². The van der Waals surface area contributed by atoms with Gasteiger partial charge in [0.05, 0.1) is 0 Å². The molecule has 12 heavy (non-hydrogen) atoms. The van der Waals surface area contributed by atoms with Crippen molar-refractivity contribution in [3.05, 3.63) is 22.8 Å². The predicted octanol–water partition coefficient (Wildman–Crippen LogP) is 1.90. The molecular weight excluding hydrogens is 262 g/mol. The third-order valence-electron chi connectivity index (χ3n) is 0.937. The van der Waals surface area contributed by atoms with Gasteiger partial charge in [-0.15, -0.1) is 0 Å². The van der Waals surface area contributed by atoms with Gasteiger partial charge in [-0.2, -0.15) is 0 Å². The summed E-state index contributed by atoms with van der Waals surface area (Å²) in [7, 11) is -2.30. The van der Waals surface area contributed by atoms with E-state index in [0.29, 0.717) is 5.03 Å². The summed E-state index contributed by atoms with van der Waals surface area (Å²) in [5.41, 5.74) is 0. The van der Waals surface area contributed by atoms with Gasteiger partial charge in [0.25, 0.3) is 0 Å². The maximum atomic E-state index is 10.8. The quantitative estimate of drug-likeness (QED) is 0.768. The zero-order valence-electron chi connectivity index (χ0n) is 6.19. The van der Waals surface area contributed by atoms with E-state index in [9.17, 15) is 8.42 Å². The summed E-state index contributed by atoms with van der Waals surface area (Å²) < 4.78 is 22.4. The highest BCUT2D eigenvalue weighted by atomic mass is 79.9. The first-order valence-corrected chi connectivity index (χ1v) is 7.00. The van der Waals surface area contributed by atoms with Gasteiger partial charge in [-0.05, 0) is 28.1 Å². The van der Waals surface area contributed by atoms with Crippen molar-refractivity contribution in [3.63, 3.8) is 0 Å². The van der Waals surface area contributed by atoms with Crippen LogP contribution in [0.4, 0.5) is 0 Å². The van der Waals surface area contributed by atoms with Crippen LogP contribution < -0.4 is 0 Å². The molecule has 0 aliphatic carbocycles. The van der Waals surface area contributed by atoms with Crippen molar-refractivity contribution in [1.29, 1.82) is 0 Å². The van der Waals surface area contributed by atoms with Gasteiger partial charge in [-0.25, -0.2) is 13.4 Å². The third-order valence-corrected chi connectivity index (χ3v) is 3.54. The number of aromatic nitrogens is 1. The molecule has 3 nitrogen and oxygen atoms in total. The largest absolute Gasteiger partial charge is 0.248 e. The first kappa shape index (κ1) is 10.0. The first-order valence-electron chi connectivity index (χ1n) is 2.98. The molecule has 0 unspecified atom stereocenters. The van der Waals surface area contributed by atoms with E-state index in [4.69, 9.17) is 0 Å². The molecule has 0 bridgehead atoms. The van der Waals surface area contributed by atoms with E-state index in [2.05, 4.69) is 20.9 Å². The average molecular weight is 268 g/mol. The molecule has 0 saturated heterocycles. The number of hydrogen-bond acceptors (Lipinski definition) is 4. The summed E-state index contributed by atoms with van der Waals surface area (Å²) in [6.07, 6.45) is 2.72. The number of pyridine rings is 1. The van der Waals surface area contributed by atoms with E-state index in [1.807, 2.05) is 0 Å². The van der Waals surface area contributed by atoms with Gasteiger partial charge in [-0.3, -0.25) is 0 Å². The lowest BCUT2D eigenvalue weighted by Crippen LogP contribution is -1.89. The van der Waals surface area contributed by atoms with Crippen LogP contribution in [0.25, 0.3) is 0 Å². The Labute approximate surface area is 83.0 Å². The Bertz CT molecular complexity index is 360. The Kier molecular flexibility index (Phi) is 3.14. The summed E-state index contributed by atoms with van der Waals surface area (Å²) in [5, 5.41) is 0.487. The molecule has 1 heterocycles. The third kappa shape index (κ3) is 3.55. The highest BCUT2D eigenvalue weighted by Gasteiger charge is 2.05. The van der Waals surface area contributed by atoms with Crippen molar-refractivity contribution in [1.82, 2.24) is 4.98 Å². The van der Waals surface area contributed by atoms with E-state index in [-0.39, 0.29) is 0 Å². The van der Waals surface area contributed by atoms with E-state index in [1.54, 1.807) is 18.3 Å². The maximum Gasteiger partial charge on any atom is 0.204 e. The number of hydrogen-bond donors (Lipinski definition) is 0. The molecule has 0 aromatic carbocycles. The molecule has 0 fully saturated rings. The highest BCUT2D eigenvalue weighted by Crippen LogP contribution is 2.21. The maximum absolute atomic E-state index is 10.8. The molecule has 1 rings (SSSR count). The van der Waals surface area contributed by atoms with Crippen molar-refractivity contribution in [2.45, 2.75) is 5.03 Å². The lowest BCUT2D eigenvalue weighted by Gasteiger charge is -1.96. The molecule has 0 saturated carbocycles. The van der Waals surface area contributed by atoms with Crippen molar-refractivity contribution in [2.24, 2.45) is 0 Å². The fraction of sp³-hybridized carbons (Fsp3) is 0.167. The summed E-state index contributed by atoms with van der Waals surface area (Å²) in [4.78, 5) is 3.90. The predicted molar refractivity (Wildman–Crippen MR) is 52.6 cm³/mol. The van der Waals surface area contributed by atoms with Crippen molar-refractivity contribution >= 4 is 35.6 Å². The molecule has 0 atom stereocenters. The van der Waals surface area contributed by atoms with E-state index >= 15 is 0 Å². The van der Waals surface area contributed by atoms with Crippen LogP contribution in [-0.4, -0.2) is 19.7 Å². The minimum Gasteiger partial charge on any atom is -0.248 e. The molecule has 1 aromatic rings. The molecule has 66 valence electrons. The second-order valence-corrected chi connectivity index (χ2v) is 7.33. The van der Waals surface area contributed by atoms with Gasteiger partial charge in [0.1, 0.15) is 5.03 Å². The van der Waals surface area contributed by atoms with Crippen LogP contribution in [0.2, 0.25) is 0 Å². The Balaban J connectivity index is 2.85. The summed E-state index contributed by atoms with van der Waals surface area (Å²) in [6, 6.07) is 3.40. The lowest BCUT2D eigenvalue weighted by molar-refractivity contribution is 0.615. The molecule has 1 aromatic heterocycles. The zero-order chi connectivity index (χ0) is 9.19. The number of halogens is 1. The molecule has 0 aliphatic rings. The van der Waals surface area contributed by atoms with Crippen molar-refractivity contribution < 1.29 is 8.42 Å². The lowest BCUT2D eigenvalue weighted by atomic mass is 10.5. The molecular formula is C6H6BrNO2S2. The Hall–Kier alpha value is -0.0700. The fourth-order valence-electron chi connectivity index (χ4n) is 0.567. The Morgan fingerprint density at radius 3 is 2.58 bits per heavy atom. The topological polar surface area (TPSA) is 47.0 Å². The number of rotatable bonds is 2. The van der Waals surface area contributed by atoms with Crippen LogP contribution >= 0.6 is 26.7 Å². The monoisotopic (exact) mass is 267 g/mol. The minimum absolute atomic E-state index is 0.487. The van der Waals surface area contributed by atoms with Crippen LogP contribution in [-0.2, 0) is 8.87 Å². The second kappa shape index (κ2) is 3.76. The molecule has 0 amide bonds. The van der Waals surface area contributed by atoms with Crippen LogP contribution in [0.1, 0.15) is 0 Å². The molecule has 0 radical (unpaired) electrons. The van der Waals surface area contributed by atoms with Gasteiger partial charge in [0.15, 0.2) is 0 Å². The molecule has 0 spiro atoms. The fourth-order valence-corrected chi connectivity index (χ4v) is 2.56. The van der Waals surface area contributed by atoms with E-state index in [0.717, 1.165) is 21.5 Å². The zero-order valence-corrected chi connectivity index (χ0v) is 9.41. The van der Waals surface area contributed by atoms with E-state index in [1.165, 1.54) is 0 Å². The molecule has 0 aliphatic heterocycles. The number of nitrogens with zero attached hydrogens (tertiary/aromatic N) is 1. The first-order chi connectivity index (χ1) is 5.47. The average Bonchev–Trinajstić information content (AvgIpc) is 1.91. The van der Waals surface area contributed by atoms with E-state index < -0.39 is 8.87 Å². The van der Waals surface area contributed by atoms with Crippen molar-refractivity contribution in [2.75, 3.05) is 6.26 Å². The smallest absolute Gasteiger partial charge is 0.204 e. The summed E-state index contributed by atoms with van der Waals surface area (Å²) >= 11 is 3.20. The van der Waals surface area contributed by atoms with Crippen LogP contribution in [0.3, 0.4) is 0 Å². The molecule has 6 heteroatoms. The van der Waals surface area contributed by atoms with Crippen LogP contribution in [0.5, 0.6) is 0 Å². The van der Waals surface area contributed by atoms with Crippen molar-refractivity contribution in [3.8, 4) is 0 Å². The van der Waals surface area contributed by atoms with Gasteiger partial charge in [0, 0.05) is 27.7 Å². The Morgan fingerprint density at radius 2 is 2.17 bits per heavy atom. The van der Waals surface area contributed by atoms with Gasteiger partial charge in [-0.1, -0.05) is 0 Å². The van der Waals surface area contributed by atoms with Crippen LogP contribution in [0.15, 0.2) is 27.8 Å². The van der Waals surface area contributed by atoms with Crippen LogP contribution in [0, 0.1) is 0 Å². The standard InChI is InChI=1S/C6H6BrNO2S2/c1-12(9,10)11-6-3-2-5(7)4-8-6/h2-4H,1H3. The summed E-state index contributed by atoms with van der Waals surface area (Å²) in [6.45, 7) is 0. The minimum atomic E-state index is -3.05. The highest BCUT2D eigenvalue weighted by molar-refractivity contribution is 9.10. The second-order valence-electron chi connectivity index (χ2n) is 2.10. The van der Waals surface area contributed by atoms with Gasteiger partial charge in [0.2, 0.25) is 8.87 Å². The Morgan fingerprint density at radius 1 is 1.50 bits per heavy atom. The molecule has 0 N–H and O–H groups in total. The normalized spacial score (nSPS) is 11.5.